The van der Waals surface area contributed by atoms with E-state index in [9.17, 15) is 9.90 Å². The fourth-order valence-electron chi connectivity index (χ4n) is 3.50. The number of hydrogen-bond donors (Lipinski definition) is 1. The molecule has 102 valence electrons. The second kappa shape index (κ2) is 3.42. The molecule has 3 rings (SSSR count). The summed E-state index contributed by atoms with van der Waals surface area (Å²) in [7, 11) is 5.09. The third kappa shape index (κ3) is 1.16. The van der Waals surface area contributed by atoms with Gasteiger partial charge in [-0.2, -0.15) is 0 Å². The quantitative estimate of drug-likeness (QED) is 0.803. The van der Waals surface area contributed by atoms with Crippen LogP contribution in [0.3, 0.4) is 0 Å². The van der Waals surface area contributed by atoms with Gasteiger partial charge < -0.3 is 19.6 Å². The second-order valence-corrected chi connectivity index (χ2v) is 5.61. The maximum absolute atomic E-state index is 12.4. The molecule has 1 fully saturated rings. The molecule has 1 amide bonds. The first kappa shape index (κ1) is 12.3. The van der Waals surface area contributed by atoms with Gasteiger partial charge in [0.2, 0.25) is 5.72 Å². The third-order valence-corrected chi connectivity index (χ3v) is 4.61. The first-order valence-electron chi connectivity index (χ1n) is 6.26. The Bertz CT molecular complexity index is 574. The Balaban J connectivity index is 2.26. The number of likely N-dealkylation sites (tertiary alicyclic amines) is 1. The number of ether oxygens (including phenoxy) is 1. The molecule has 0 saturated carbocycles. The van der Waals surface area contributed by atoms with Crippen LogP contribution in [0.5, 0.6) is 5.75 Å². The molecule has 5 nitrogen and oxygen atoms in total. The summed E-state index contributed by atoms with van der Waals surface area (Å²) in [5, 5.41) is 11.0. The first-order valence-corrected chi connectivity index (χ1v) is 6.26. The van der Waals surface area contributed by atoms with Crippen molar-refractivity contribution >= 4 is 11.6 Å². The van der Waals surface area contributed by atoms with Crippen LogP contribution < -0.4 is 9.64 Å². The van der Waals surface area contributed by atoms with E-state index in [1.807, 2.05) is 25.1 Å². The van der Waals surface area contributed by atoms with Crippen molar-refractivity contribution in [2.45, 2.75) is 18.1 Å². The predicted octanol–water partition coefficient (Wildman–Crippen LogP) is 0.563. The summed E-state index contributed by atoms with van der Waals surface area (Å²) < 4.78 is 5.26. The molecule has 0 bridgehead atoms. The van der Waals surface area contributed by atoms with Gasteiger partial charge in [0.1, 0.15) is 5.75 Å². The van der Waals surface area contributed by atoms with Crippen LogP contribution >= 0.6 is 0 Å². The molecule has 1 N–H and O–H groups in total. The van der Waals surface area contributed by atoms with Crippen molar-refractivity contribution in [2.75, 3.05) is 32.6 Å². The largest absolute Gasteiger partial charge is 0.497 e. The Morgan fingerprint density at radius 1 is 1.37 bits per heavy atom. The molecule has 2 heterocycles. The van der Waals surface area contributed by atoms with Crippen molar-refractivity contribution in [3.05, 3.63) is 23.8 Å². The van der Waals surface area contributed by atoms with E-state index in [0.717, 1.165) is 17.0 Å². The van der Waals surface area contributed by atoms with E-state index in [1.165, 1.54) is 0 Å². The van der Waals surface area contributed by atoms with E-state index in [-0.39, 0.29) is 5.91 Å². The normalized spacial score (nSPS) is 32.6. The number of nitrogens with zero attached hydrogens (tertiary/aromatic N) is 2. The number of rotatable bonds is 1. The monoisotopic (exact) mass is 262 g/mol. The number of carbonyl (C=O) groups excluding carboxylic acids is 1. The van der Waals surface area contributed by atoms with E-state index in [4.69, 9.17) is 4.74 Å². The van der Waals surface area contributed by atoms with E-state index in [0.29, 0.717) is 6.54 Å². The molecule has 0 aromatic heterocycles. The van der Waals surface area contributed by atoms with Crippen molar-refractivity contribution in [1.29, 1.82) is 0 Å². The van der Waals surface area contributed by atoms with Gasteiger partial charge in [-0.1, -0.05) is 0 Å². The highest BCUT2D eigenvalue weighted by atomic mass is 16.5. The SMILES string of the molecule is COc1ccc2c(c1)[C@@]1(C)CN(C)C(=O)[C@]1(O)N2C. The van der Waals surface area contributed by atoms with E-state index < -0.39 is 11.1 Å². The fraction of sp³-hybridized carbons (Fsp3) is 0.500. The lowest BCUT2D eigenvalue weighted by molar-refractivity contribution is -0.144. The summed E-state index contributed by atoms with van der Waals surface area (Å²) >= 11 is 0. The predicted molar refractivity (Wildman–Crippen MR) is 71.3 cm³/mol. The number of hydrogen-bond acceptors (Lipinski definition) is 4. The van der Waals surface area contributed by atoms with Gasteiger partial charge >= 0.3 is 0 Å². The Morgan fingerprint density at radius 2 is 2.05 bits per heavy atom. The molecule has 2 aliphatic heterocycles. The number of amides is 1. The van der Waals surface area contributed by atoms with Crippen molar-refractivity contribution < 1.29 is 14.6 Å². The average molecular weight is 262 g/mol. The van der Waals surface area contributed by atoms with Crippen molar-refractivity contribution in [2.24, 2.45) is 0 Å². The average Bonchev–Trinajstić information content (AvgIpc) is 2.69. The van der Waals surface area contributed by atoms with Gasteiger partial charge in [-0.25, -0.2) is 0 Å². The highest BCUT2D eigenvalue weighted by molar-refractivity contribution is 5.96. The molecule has 0 radical (unpaired) electrons. The van der Waals surface area contributed by atoms with Crippen LogP contribution in [-0.2, 0) is 10.2 Å². The Kier molecular flexibility index (Phi) is 2.21. The molecule has 5 heteroatoms. The summed E-state index contributed by atoms with van der Waals surface area (Å²) in [5.41, 5.74) is -0.310. The molecule has 19 heavy (non-hydrogen) atoms. The zero-order valence-corrected chi connectivity index (χ0v) is 11.6. The van der Waals surface area contributed by atoms with E-state index >= 15 is 0 Å². The molecule has 1 aromatic rings. The number of likely N-dealkylation sites (N-methyl/N-ethyl adjacent to an activating group) is 2. The lowest BCUT2D eigenvalue weighted by atomic mass is 9.78. The van der Waals surface area contributed by atoms with Crippen LogP contribution in [0.4, 0.5) is 5.69 Å². The lowest BCUT2D eigenvalue weighted by Gasteiger charge is -2.34. The van der Waals surface area contributed by atoms with Crippen LogP contribution in [0, 0.1) is 0 Å². The van der Waals surface area contributed by atoms with Gasteiger partial charge in [-0.15, -0.1) is 0 Å². The Morgan fingerprint density at radius 3 is 2.68 bits per heavy atom. The summed E-state index contributed by atoms with van der Waals surface area (Å²) in [6, 6.07) is 5.65. The number of anilines is 1. The lowest BCUT2D eigenvalue weighted by Crippen LogP contribution is -2.58. The maximum Gasteiger partial charge on any atom is 0.276 e. The Labute approximate surface area is 112 Å². The smallest absolute Gasteiger partial charge is 0.276 e. The van der Waals surface area contributed by atoms with Gasteiger partial charge in [-0.3, -0.25) is 4.79 Å². The van der Waals surface area contributed by atoms with E-state index in [1.54, 1.807) is 31.0 Å². The molecule has 2 atom stereocenters. The molecule has 1 saturated heterocycles. The summed E-state index contributed by atoms with van der Waals surface area (Å²) in [5.74, 6) is 0.479. The van der Waals surface area contributed by atoms with Crippen LogP contribution in [0.2, 0.25) is 0 Å². The van der Waals surface area contributed by atoms with Crippen LogP contribution in [0.15, 0.2) is 18.2 Å². The zero-order chi connectivity index (χ0) is 14.0. The Hall–Kier alpha value is -1.75. The number of fused-ring (bicyclic) bond motifs is 3. The number of benzene rings is 1. The highest BCUT2D eigenvalue weighted by Gasteiger charge is 2.68. The minimum absolute atomic E-state index is 0.257. The van der Waals surface area contributed by atoms with Crippen LogP contribution in [0.1, 0.15) is 12.5 Å². The maximum atomic E-state index is 12.4. The first-order chi connectivity index (χ1) is 8.86. The van der Waals surface area contributed by atoms with Crippen molar-refractivity contribution in [3.63, 3.8) is 0 Å². The topological polar surface area (TPSA) is 53.0 Å². The standard InChI is InChI=1S/C14H18N2O3/c1-13-8-15(2)12(17)14(13,18)16(3)11-6-5-9(19-4)7-10(11)13/h5-7,18H,8H2,1-4H3/t13-,14-/m1/s1. The molecular weight excluding hydrogens is 244 g/mol. The minimum Gasteiger partial charge on any atom is -0.497 e. The molecule has 0 unspecified atom stereocenters. The molecular formula is C14H18N2O3. The third-order valence-electron chi connectivity index (χ3n) is 4.61. The minimum atomic E-state index is -1.50. The highest BCUT2D eigenvalue weighted by Crippen LogP contribution is 2.54. The molecule has 1 aromatic carbocycles. The van der Waals surface area contributed by atoms with Crippen molar-refractivity contribution in [3.8, 4) is 5.75 Å². The number of aliphatic hydroxyl groups is 1. The van der Waals surface area contributed by atoms with Gasteiger partial charge in [0.25, 0.3) is 5.91 Å². The number of methoxy groups -OCH3 is 1. The van der Waals surface area contributed by atoms with Crippen molar-refractivity contribution in [1.82, 2.24) is 4.90 Å². The van der Waals surface area contributed by atoms with Gasteiger partial charge in [-0.05, 0) is 30.7 Å². The molecule has 0 aliphatic carbocycles. The van der Waals surface area contributed by atoms with Gasteiger partial charge in [0.15, 0.2) is 0 Å². The summed E-state index contributed by atoms with van der Waals surface area (Å²) in [6.45, 7) is 2.42. The summed E-state index contributed by atoms with van der Waals surface area (Å²) in [4.78, 5) is 15.6. The van der Waals surface area contributed by atoms with E-state index in [2.05, 4.69) is 0 Å². The fourth-order valence-corrected chi connectivity index (χ4v) is 3.50. The van der Waals surface area contributed by atoms with Crippen LogP contribution in [-0.4, -0.2) is 49.4 Å². The van der Waals surface area contributed by atoms with Crippen LogP contribution in [0.25, 0.3) is 0 Å². The summed E-state index contributed by atoms with van der Waals surface area (Å²) in [6.07, 6.45) is 0. The van der Waals surface area contributed by atoms with Gasteiger partial charge in [0.05, 0.1) is 12.5 Å². The zero-order valence-electron chi connectivity index (χ0n) is 11.6. The van der Waals surface area contributed by atoms with Gasteiger partial charge in [0, 0.05) is 26.3 Å². The molecule has 2 aliphatic rings. The second-order valence-electron chi connectivity index (χ2n) is 5.61. The number of carbonyl (C=O) groups is 1. The molecule has 0 spiro atoms.